The molecule has 0 saturated heterocycles. The lowest BCUT2D eigenvalue weighted by Crippen LogP contribution is -2.50. The summed E-state index contributed by atoms with van der Waals surface area (Å²) in [5.74, 6) is -1.14. The van der Waals surface area contributed by atoms with Crippen LogP contribution in [-0.4, -0.2) is 59.7 Å². The van der Waals surface area contributed by atoms with Crippen LogP contribution in [0.5, 0.6) is 0 Å². The highest BCUT2D eigenvalue weighted by Crippen LogP contribution is 2.36. The summed E-state index contributed by atoms with van der Waals surface area (Å²) in [6, 6.07) is 16.4. The number of carbonyl (C=O) groups excluding carboxylic acids is 3. The first-order chi connectivity index (χ1) is 23.8. The number of halogens is 1. The van der Waals surface area contributed by atoms with E-state index >= 15 is 0 Å². The van der Waals surface area contributed by atoms with Gasteiger partial charge in [0, 0.05) is 60.6 Å². The van der Waals surface area contributed by atoms with Crippen molar-refractivity contribution in [3.8, 4) is 0 Å². The van der Waals surface area contributed by atoms with Crippen molar-refractivity contribution in [1.29, 1.82) is 0 Å². The van der Waals surface area contributed by atoms with Crippen molar-refractivity contribution in [2.75, 3.05) is 20.1 Å². The maximum absolute atomic E-state index is 14.4. The number of aromatic nitrogens is 1. The number of hydrogen-bond donors (Lipinski definition) is 4. The highest BCUT2D eigenvalue weighted by molar-refractivity contribution is 7.99. The highest BCUT2D eigenvalue weighted by Gasteiger charge is 2.35. The number of benzene rings is 2. The van der Waals surface area contributed by atoms with E-state index in [1.807, 2.05) is 42.5 Å². The Labute approximate surface area is 298 Å². The van der Waals surface area contributed by atoms with Crippen LogP contribution in [0, 0.1) is 5.92 Å². The zero-order valence-corrected chi connectivity index (χ0v) is 29.7. The number of unbranched alkanes of at least 4 members (excludes halogenated alkanes) is 1. The van der Waals surface area contributed by atoms with Crippen LogP contribution in [0.15, 0.2) is 76.8 Å². The van der Waals surface area contributed by atoms with E-state index in [2.05, 4.69) is 33.8 Å². The maximum atomic E-state index is 14.4. The average Bonchev–Trinajstić information content (AvgIpc) is 3.52. The van der Waals surface area contributed by atoms with E-state index in [1.165, 1.54) is 17.3 Å². The molecule has 2 aliphatic rings. The lowest BCUT2D eigenvalue weighted by molar-refractivity contribution is -0.143. The van der Waals surface area contributed by atoms with Crippen LogP contribution in [0.4, 0.5) is 0 Å². The largest absolute Gasteiger partial charge is 0.350 e. The minimum absolute atomic E-state index is 0.0408. The van der Waals surface area contributed by atoms with Gasteiger partial charge in [-0.05, 0) is 85.7 Å². The Hall–Kier alpha value is -3.54. The van der Waals surface area contributed by atoms with E-state index in [0.717, 1.165) is 45.0 Å². The molecule has 1 aliphatic heterocycles. The lowest BCUT2D eigenvalue weighted by Gasteiger charge is -2.32. The third-order valence-corrected chi connectivity index (χ3v) is 11.0. The number of carbonyl (C=O) groups is 3. The van der Waals surface area contributed by atoms with Crippen LogP contribution < -0.4 is 22.1 Å². The summed E-state index contributed by atoms with van der Waals surface area (Å²) in [6.07, 6.45) is 8.22. The molecule has 3 atom stereocenters. The number of pyridine rings is 1. The number of fused-ring (bicyclic) bond motifs is 3. The fourth-order valence-corrected chi connectivity index (χ4v) is 7.96. The number of allylic oxidation sites excluding steroid dienone is 1. The van der Waals surface area contributed by atoms with Gasteiger partial charge in [0.2, 0.25) is 11.8 Å². The molecule has 0 radical (unpaired) electrons. The summed E-state index contributed by atoms with van der Waals surface area (Å²) < 4.78 is 0. The summed E-state index contributed by atoms with van der Waals surface area (Å²) in [4.78, 5) is 49.8. The van der Waals surface area contributed by atoms with Gasteiger partial charge in [0.1, 0.15) is 11.1 Å². The van der Waals surface area contributed by atoms with Crippen molar-refractivity contribution >= 4 is 46.5 Å². The summed E-state index contributed by atoms with van der Waals surface area (Å²) in [5, 5.41) is 7.89. The zero-order valence-electron chi connectivity index (χ0n) is 28.1. The van der Waals surface area contributed by atoms with E-state index in [9.17, 15) is 14.4 Å². The molecule has 0 saturated carbocycles. The van der Waals surface area contributed by atoms with Gasteiger partial charge in [-0.25, -0.2) is 4.98 Å². The first-order valence-electron chi connectivity index (χ1n) is 17.2. The smallest absolute Gasteiger partial charge is 0.243 e. The molecule has 2 heterocycles. The van der Waals surface area contributed by atoms with Gasteiger partial charge in [0.15, 0.2) is 5.78 Å². The first-order valence-corrected chi connectivity index (χ1v) is 18.4. The molecule has 0 fully saturated rings. The fourth-order valence-electron chi connectivity index (χ4n) is 6.62. The number of ketones is 1. The number of hydrogen-bond acceptors (Lipinski definition) is 8. The first kappa shape index (κ1) is 36.7. The Morgan fingerprint density at radius 1 is 0.939 bits per heavy atom. The third-order valence-electron chi connectivity index (χ3n) is 9.46. The molecule has 1 aromatic heterocycles. The molecule has 49 heavy (non-hydrogen) atoms. The van der Waals surface area contributed by atoms with E-state index in [-0.39, 0.29) is 30.6 Å². The molecule has 2 amide bonds. The van der Waals surface area contributed by atoms with Crippen LogP contribution in [0.2, 0.25) is 5.02 Å². The molecule has 11 heteroatoms. The molecular formula is C38H47ClN6O3S. The number of rotatable bonds is 9. The van der Waals surface area contributed by atoms with E-state index < -0.39 is 18.0 Å². The van der Waals surface area contributed by atoms with Crippen molar-refractivity contribution in [3.05, 3.63) is 94.1 Å². The number of nitrogens with zero attached hydrogens (tertiary/aromatic N) is 2. The van der Waals surface area contributed by atoms with Crippen LogP contribution >= 0.6 is 23.4 Å². The van der Waals surface area contributed by atoms with Crippen LogP contribution in [-0.2, 0) is 33.9 Å². The Morgan fingerprint density at radius 3 is 2.55 bits per heavy atom. The molecule has 0 spiro atoms. The second-order valence-corrected chi connectivity index (χ2v) is 14.2. The number of amides is 2. The van der Waals surface area contributed by atoms with Gasteiger partial charge in [-0.1, -0.05) is 72.3 Å². The molecule has 260 valence electrons. The molecule has 3 aromatic rings. The summed E-state index contributed by atoms with van der Waals surface area (Å²) in [7, 11) is 1.69. The molecule has 6 N–H and O–H groups in total. The number of nitrogens with two attached hydrogens (primary N) is 2. The van der Waals surface area contributed by atoms with Gasteiger partial charge in [0.05, 0.1) is 6.04 Å². The van der Waals surface area contributed by atoms with Crippen molar-refractivity contribution in [3.63, 3.8) is 0 Å². The standard InChI is InChI=1S/C38H47ClN6O3S/c1-45-33(21-26-17-16-25-9-2-3-12-29(25)26)36(47)44-24-30-31(39)13-6-15-35(30)49-37-28(11-8-20-42-37)23-43-32(14-7-19-41)34(46)22-27(38(45)48)10-4-5-18-40/h2-3,6,8-9,11-13,15,17,20,27,32-33,43H,4-5,7,10,14,16,18-19,21-24,40-41H2,1H3,(H,44,47)/t27-,32+,33+/m1/s1. The number of likely N-dealkylation sites (N-methyl/N-ethyl adjacent to an activating group) is 1. The van der Waals surface area contributed by atoms with Gasteiger partial charge in [-0.2, -0.15) is 0 Å². The van der Waals surface area contributed by atoms with Gasteiger partial charge < -0.3 is 27.0 Å². The van der Waals surface area contributed by atoms with E-state index in [4.69, 9.17) is 23.1 Å². The number of nitrogens with one attached hydrogen (secondary N) is 2. The summed E-state index contributed by atoms with van der Waals surface area (Å²) in [5.41, 5.74) is 16.7. The molecule has 2 aromatic carbocycles. The fraction of sp³-hybridized carbons (Fsp3) is 0.421. The lowest BCUT2D eigenvalue weighted by atomic mass is 9.90. The topological polar surface area (TPSA) is 143 Å². The Bertz CT molecular complexity index is 1670. The minimum Gasteiger partial charge on any atom is -0.350 e. The predicted octanol–water partition coefficient (Wildman–Crippen LogP) is 5.27. The second kappa shape index (κ2) is 17.9. The van der Waals surface area contributed by atoms with Crippen molar-refractivity contribution in [2.45, 2.75) is 86.5 Å². The monoisotopic (exact) mass is 702 g/mol. The van der Waals surface area contributed by atoms with Crippen LogP contribution in [0.25, 0.3) is 5.57 Å². The summed E-state index contributed by atoms with van der Waals surface area (Å²) in [6.45, 7) is 1.54. The Morgan fingerprint density at radius 2 is 1.73 bits per heavy atom. The number of Topliss-reactive ketones (excluding diaryl/α,β-unsaturated/α-hetero) is 1. The van der Waals surface area contributed by atoms with Crippen molar-refractivity contribution < 1.29 is 14.4 Å². The second-order valence-electron chi connectivity index (χ2n) is 12.8. The molecule has 0 unspecified atom stereocenters. The predicted molar refractivity (Wildman–Crippen MR) is 196 cm³/mol. The minimum atomic E-state index is -0.806. The van der Waals surface area contributed by atoms with Crippen LogP contribution in [0.3, 0.4) is 0 Å². The normalized spacial score (nSPS) is 20.6. The molecular weight excluding hydrogens is 656 g/mol. The van der Waals surface area contributed by atoms with Gasteiger partial charge in [-0.15, -0.1) is 0 Å². The van der Waals surface area contributed by atoms with Crippen LogP contribution in [0.1, 0.15) is 67.2 Å². The average molecular weight is 703 g/mol. The zero-order chi connectivity index (χ0) is 34.8. The van der Waals surface area contributed by atoms with Crippen molar-refractivity contribution in [1.82, 2.24) is 20.5 Å². The Kier molecular flexibility index (Phi) is 13.4. The molecule has 1 aliphatic carbocycles. The quantitative estimate of drug-likeness (QED) is 0.221. The summed E-state index contributed by atoms with van der Waals surface area (Å²) >= 11 is 8.23. The van der Waals surface area contributed by atoms with Crippen molar-refractivity contribution in [2.24, 2.45) is 17.4 Å². The Balaban J connectivity index is 1.54. The molecule has 5 rings (SSSR count). The van der Waals surface area contributed by atoms with Gasteiger partial charge in [-0.3, -0.25) is 14.4 Å². The van der Waals surface area contributed by atoms with E-state index in [0.29, 0.717) is 56.8 Å². The molecule has 9 nitrogen and oxygen atoms in total. The van der Waals surface area contributed by atoms with Gasteiger partial charge >= 0.3 is 0 Å². The maximum Gasteiger partial charge on any atom is 0.243 e. The van der Waals surface area contributed by atoms with Gasteiger partial charge in [0.25, 0.3) is 0 Å². The molecule has 0 bridgehead atoms. The van der Waals surface area contributed by atoms with E-state index in [1.54, 1.807) is 18.1 Å². The highest BCUT2D eigenvalue weighted by atomic mass is 35.5. The SMILES string of the molecule is CN1C(=O)[C@H](CCCCN)CC(=O)[C@H](CCCN)NCc2cccnc2Sc2cccc(Cl)c2CNC(=O)[C@@H]1CC1=CCc2ccccc21. The third kappa shape index (κ3) is 9.38.